The molecule has 0 saturated carbocycles. The maximum Gasteiger partial charge on any atom is 0.335 e. The van der Waals surface area contributed by atoms with Crippen LogP contribution in [0.2, 0.25) is 0 Å². The molecule has 19 heavy (non-hydrogen) atoms. The monoisotopic (exact) mass is 272 g/mol. The Morgan fingerprint density at radius 2 is 2.16 bits per heavy atom. The maximum atomic E-state index is 12.1. The Kier molecular flexibility index (Phi) is 4.92. The smallest absolute Gasteiger partial charge is 0.335 e. The molecule has 1 aliphatic heterocycles. The van der Waals surface area contributed by atoms with Crippen molar-refractivity contribution in [3.05, 3.63) is 0 Å². The molecule has 0 unspecified atom stereocenters. The maximum absolute atomic E-state index is 12.1. The summed E-state index contributed by atoms with van der Waals surface area (Å²) in [4.78, 5) is 25.2. The minimum atomic E-state index is -1.27. The van der Waals surface area contributed by atoms with Gasteiger partial charge in [-0.15, -0.1) is 0 Å². The Balaban J connectivity index is 2.71. The molecule has 0 aromatic carbocycles. The molecular weight excluding hydrogens is 248 g/mol. The highest BCUT2D eigenvalue weighted by Crippen LogP contribution is 2.28. The van der Waals surface area contributed by atoms with E-state index in [4.69, 9.17) is 4.74 Å². The van der Waals surface area contributed by atoms with Gasteiger partial charge >= 0.3 is 5.97 Å². The molecule has 1 aliphatic rings. The number of rotatable bonds is 5. The van der Waals surface area contributed by atoms with E-state index in [0.717, 1.165) is 0 Å². The van der Waals surface area contributed by atoms with Crippen molar-refractivity contribution in [1.29, 1.82) is 0 Å². The first kappa shape index (κ1) is 15.9. The number of carbonyl (C=O) groups excluding carboxylic acids is 2. The van der Waals surface area contributed by atoms with E-state index >= 15 is 0 Å². The normalized spacial score (nSPS) is 28.9. The van der Waals surface area contributed by atoms with Gasteiger partial charge in [-0.1, -0.05) is 13.8 Å². The SMILES string of the molecule is CCOC(=O)[C@@H](O)C[C@@H]1N[C@@](C)(C(C)C)N(C)C1=O. The zero-order chi connectivity index (χ0) is 14.8. The van der Waals surface area contributed by atoms with Crippen LogP contribution in [0, 0.1) is 5.92 Å². The van der Waals surface area contributed by atoms with Gasteiger partial charge in [-0.05, 0) is 19.8 Å². The fourth-order valence-electron chi connectivity index (χ4n) is 2.25. The van der Waals surface area contributed by atoms with Crippen molar-refractivity contribution < 1.29 is 19.4 Å². The van der Waals surface area contributed by atoms with E-state index in [1.54, 1.807) is 18.9 Å². The third-order valence-corrected chi connectivity index (χ3v) is 3.93. The number of nitrogens with zero attached hydrogens (tertiary/aromatic N) is 1. The number of aliphatic hydroxyl groups excluding tert-OH is 1. The van der Waals surface area contributed by atoms with E-state index in [2.05, 4.69) is 5.32 Å². The molecular formula is C13H24N2O4. The van der Waals surface area contributed by atoms with Gasteiger partial charge in [0.05, 0.1) is 18.3 Å². The van der Waals surface area contributed by atoms with Crippen LogP contribution in [-0.2, 0) is 14.3 Å². The molecule has 1 heterocycles. The van der Waals surface area contributed by atoms with Gasteiger partial charge < -0.3 is 14.7 Å². The van der Waals surface area contributed by atoms with Gasteiger partial charge in [0.2, 0.25) is 5.91 Å². The fourth-order valence-corrected chi connectivity index (χ4v) is 2.25. The van der Waals surface area contributed by atoms with Crippen molar-refractivity contribution in [2.24, 2.45) is 5.92 Å². The summed E-state index contributed by atoms with van der Waals surface area (Å²) in [6.45, 7) is 7.85. The summed E-state index contributed by atoms with van der Waals surface area (Å²) in [5, 5.41) is 12.9. The number of hydrogen-bond donors (Lipinski definition) is 2. The quantitative estimate of drug-likeness (QED) is 0.694. The van der Waals surface area contributed by atoms with Gasteiger partial charge in [-0.2, -0.15) is 0 Å². The lowest BCUT2D eigenvalue weighted by Crippen LogP contribution is -2.52. The summed E-state index contributed by atoms with van der Waals surface area (Å²) in [6.07, 6.45) is -1.24. The molecule has 0 aliphatic carbocycles. The molecule has 1 amide bonds. The van der Waals surface area contributed by atoms with Gasteiger partial charge in [-0.25, -0.2) is 4.79 Å². The molecule has 110 valence electrons. The number of carbonyl (C=O) groups is 2. The third-order valence-electron chi connectivity index (χ3n) is 3.93. The molecule has 1 fully saturated rings. The summed E-state index contributed by atoms with van der Waals surface area (Å²) in [5.74, 6) is -0.580. The van der Waals surface area contributed by atoms with Crippen LogP contribution >= 0.6 is 0 Å². The molecule has 1 saturated heterocycles. The predicted molar refractivity (Wildman–Crippen MR) is 70.2 cm³/mol. The molecule has 0 bridgehead atoms. The number of likely N-dealkylation sites (N-methyl/N-ethyl adjacent to an activating group) is 1. The largest absolute Gasteiger partial charge is 0.464 e. The molecule has 0 spiro atoms. The van der Waals surface area contributed by atoms with Crippen molar-refractivity contribution in [3.8, 4) is 0 Å². The second-order valence-electron chi connectivity index (χ2n) is 5.40. The molecule has 6 heteroatoms. The van der Waals surface area contributed by atoms with E-state index in [-0.39, 0.29) is 24.9 Å². The van der Waals surface area contributed by atoms with Crippen molar-refractivity contribution in [1.82, 2.24) is 10.2 Å². The first-order valence-electron chi connectivity index (χ1n) is 6.64. The lowest BCUT2D eigenvalue weighted by Gasteiger charge is -2.36. The van der Waals surface area contributed by atoms with Crippen molar-refractivity contribution >= 4 is 11.9 Å². The highest BCUT2D eigenvalue weighted by atomic mass is 16.5. The Morgan fingerprint density at radius 1 is 1.58 bits per heavy atom. The zero-order valence-electron chi connectivity index (χ0n) is 12.3. The summed E-state index contributed by atoms with van der Waals surface area (Å²) >= 11 is 0. The molecule has 0 aromatic heterocycles. The summed E-state index contributed by atoms with van der Waals surface area (Å²) in [5.41, 5.74) is -0.462. The van der Waals surface area contributed by atoms with Crippen LogP contribution in [0.4, 0.5) is 0 Å². The molecule has 0 radical (unpaired) electrons. The molecule has 0 aromatic rings. The van der Waals surface area contributed by atoms with E-state index in [1.165, 1.54) is 0 Å². The van der Waals surface area contributed by atoms with Gasteiger partial charge in [0, 0.05) is 13.5 Å². The van der Waals surface area contributed by atoms with E-state index < -0.39 is 23.8 Å². The van der Waals surface area contributed by atoms with Crippen molar-refractivity contribution in [2.45, 2.75) is 51.9 Å². The Morgan fingerprint density at radius 3 is 2.58 bits per heavy atom. The third kappa shape index (κ3) is 3.06. The molecule has 1 rings (SSSR count). The first-order valence-corrected chi connectivity index (χ1v) is 6.64. The van der Waals surface area contributed by atoms with Crippen LogP contribution in [0.5, 0.6) is 0 Å². The van der Waals surface area contributed by atoms with Crippen LogP contribution in [-0.4, -0.2) is 53.3 Å². The number of aliphatic hydroxyl groups is 1. The topological polar surface area (TPSA) is 78.9 Å². The van der Waals surface area contributed by atoms with E-state index in [0.29, 0.717) is 0 Å². The Labute approximate surface area is 114 Å². The highest BCUT2D eigenvalue weighted by molar-refractivity contribution is 5.86. The second-order valence-corrected chi connectivity index (χ2v) is 5.40. The summed E-state index contributed by atoms with van der Waals surface area (Å²) in [6, 6.07) is -0.559. The molecule has 2 N–H and O–H groups in total. The fraction of sp³-hybridized carbons (Fsp3) is 0.846. The Hall–Kier alpha value is -1.14. The standard InChI is InChI=1S/C13H24N2O4/c1-6-19-12(18)10(16)7-9-11(17)15(5)13(4,14-9)8(2)3/h8-10,14,16H,6-7H2,1-5H3/t9-,10-,13+/m0/s1. The lowest BCUT2D eigenvalue weighted by atomic mass is 9.98. The average molecular weight is 272 g/mol. The number of hydrogen-bond acceptors (Lipinski definition) is 5. The van der Waals surface area contributed by atoms with E-state index in [1.807, 2.05) is 20.8 Å². The minimum absolute atomic E-state index is 0.0321. The molecule has 3 atom stereocenters. The second kappa shape index (κ2) is 5.88. The van der Waals surface area contributed by atoms with E-state index in [9.17, 15) is 14.7 Å². The molecule has 6 nitrogen and oxygen atoms in total. The lowest BCUT2D eigenvalue weighted by molar-refractivity contribution is -0.153. The predicted octanol–water partition coefficient (Wildman–Crippen LogP) is 0.103. The average Bonchev–Trinajstić information content (AvgIpc) is 2.55. The van der Waals surface area contributed by atoms with Gasteiger partial charge in [-0.3, -0.25) is 10.1 Å². The zero-order valence-corrected chi connectivity index (χ0v) is 12.3. The first-order chi connectivity index (χ1) is 8.74. The van der Waals surface area contributed by atoms with Gasteiger partial charge in [0.25, 0.3) is 0 Å². The van der Waals surface area contributed by atoms with Crippen LogP contribution in [0.15, 0.2) is 0 Å². The summed E-state index contributed by atoms with van der Waals surface area (Å²) < 4.78 is 4.73. The number of ether oxygens (including phenoxy) is 1. The number of esters is 1. The van der Waals surface area contributed by atoms with Crippen LogP contribution in [0.3, 0.4) is 0 Å². The number of nitrogens with one attached hydrogen (secondary N) is 1. The number of amides is 1. The Bertz CT molecular complexity index is 359. The summed E-state index contributed by atoms with van der Waals surface area (Å²) in [7, 11) is 1.73. The van der Waals surface area contributed by atoms with Crippen LogP contribution < -0.4 is 5.32 Å². The minimum Gasteiger partial charge on any atom is -0.464 e. The van der Waals surface area contributed by atoms with Crippen LogP contribution in [0.25, 0.3) is 0 Å². The van der Waals surface area contributed by atoms with Gasteiger partial charge in [0.15, 0.2) is 6.10 Å². The van der Waals surface area contributed by atoms with Crippen LogP contribution in [0.1, 0.15) is 34.1 Å². The van der Waals surface area contributed by atoms with Crippen molar-refractivity contribution in [2.75, 3.05) is 13.7 Å². The van der Waals surface area contributed by atoms with Gasteiger partial charge in [0.1, 0.15) is 0 Å². The highest BCUT2D eigenvalue weighted by Gasteiger charge is 2.47. The van der Waals surface area contributed by atoms with Crippen molar-refractivity contribution in [3.63, 3.8) is 0 Å².